The molecule has 1 aliphatic rings. The second kappa shape index (κ2) is 13.1. The highest BCUT2D eigenvalue weighted by Crippen LogP contribution is 2.29. The molecule has 0 saturated carbocycles. The van der Waals surface area contributed by atoms with Gasteiger partial charge in [-0.15, -0.1) is 0 Å². The first-order valence-corrected chi connectivity index (χ1v) is 10.5. The van der Waals surface area contributed by atoms with Gasteiger partial charge in [0.15, 0.2) is 5.78 Å². The summed E-state index contributed by atoms with van der Waals surface area (Å²) in [4.78, 5) is 49.2. The molecule has 1 aromatic carbocycles. The van der Waals surface area contributed by atoms with Crippen LogP contribution in [0.3, 0.4) is 0 Å². The summed E-state index contributed by atoms with van der Waals surface area (Å²) >= 11 is 0. The van der Waals surface area contributed by atoms with Gasteiger partial charge in [-0.2, -0.15) is 17.6 Å². The number of carboxylic acid groups (broad SMARTS) is 1. The number of epoxide rings is 1. The quantitative estimate of drug-likeness (QED) is 0.193. The third kappa shape index (κ3) is 9.39. The van der Waals surface area contributed by atoms with Crippen molar-refractivity contribution >= 4 is 23.7 Å². The zero-order valence-electron chi connectivity index (χ0n) is 18.9. The van der Waals surface area contributed by atoms with Crippen LogP contribution in [0.25, 0.3) is 0 Å². The maximum atomic E-state index is 12.9. The summed E-state index contributed by atoms with van der Waals surface area (Å²) in [6, 6.07) is 3.55. The molecule has 1 fully saturated rings. The summed E-state index contributed by atoms with van der Waals surface area (Å²) in [5, 5.41) is 14.8. The molecule has 200 valence electrons. The SMILES string of the molecule is C[C@]1(C(=O)[C@H](Cc2ccccc2)NC(=O)[C@H](COC(F)F)NC(=O)[C@H](COC(F)F)NC(=O)O)CO1. The first kappa shape index (κ1) is 28.9. The molecule has 36 heavy (non-hydrogen) atoms. The highest BCUT2D eigenvalue weighted by atomic mass is 19.3. The molecule has 0 aromatic heterocycles. The van der Waals surface area contributed by atoms with Gasteiger partial charge in [-0.3, -0.25) is 14.4 Å². The molecule has 0 radical (unpaired) electrons. The predicted molar refractivity (Wildman–Crippen MR) is 112 cm³/mol. The lowest BCUT2D eigenvalue weighted by atomic mass is 9.94. The number of hydrogen-bond acceptors (Lipinski definition) is 7. The van der Waals surface area contributed by atoms with Crippen molar-refractivity contribution in [3.63, 3.8) is 0 Å². The molecule has 15 heteroatoms. The van der Waals surface area contributed by atoms with E-state index in [4.69, 9.17) is 9.84 Å². The Hall–Kier alpha value is -3.30. The van der Waals surface area contributed by atoms with E-state index in [9.17, 15) is 36.7 Å². The van der Waals surface area contributed by atoms with Gasteiger partial charge in [-0.25, -0.2) is 4.79 Å². The van der Waals surface area contributed by atoms with E-state index in [0.717, 1.165) is 0 Å². The maximum absolute atomic E-state index is 12.9. The Morgan fingerprint density at radius 2 is 1.39 bits per heavy atom. The van der Waals surface area contributed by atoms with Crippen molar-refractivity contribution in [2.75, 3.05) is 19.8 Å². The minimum Gasteiger partial charge on any atom is -0.465 e. The molecule has 11 nitrogen and oxygen atoms in total. The molecule has 1 aromatic rings. The smallest absolute Gasteiger partial charge is 0.405 e. The van der Waals surface area contributed by atoms with Gasteiger partial charge >= 0.3 is 19.3 Å². The van der Waals surface area contributed by atoms with Gasteiger partial charge in [0, 0.05) is 0 Å². The number of rotatable bonds is 15. The third-order valence-electron chi connectivity index (χ3n) is 5.04. The van der Waals surface area contributed by atoms with E-state index in [1.54, 1.807) is 35.6 Å². The Kier molecular flexibility index (Phi) is 10.6. The number of benzene rings is 1. The summed E-state index contributed by atoms with van der Waals surface area (Å²) in [6.07, 6.45) is -1.77. The van der Waals surface area contributed by atoms with Crippen LogP contribution in [-0.2, 0) is 35.0 Å². The highest BCUT2D eigenvalue weighted by Gasteiger charge is 2.50. The minimum absolute atomic E-state index is 0.00611. The van der Waals surface area contributed by atoms with Crippen molar-refractivity contribution in [3.05, 3.63) is 35.9 Å². The largest absolute Gasteiger partial charge is 0.465 e. The molecule has 3 amide bonds. The minimum atomic E-state index is -3.34. The summed E-state index contributed by atoms with van der Waals surface area (Å²) in [5.74, 6) is -2.96. The molecule has 2 rings (SSSR count). The second-order valence-electron chi connectivity index (χ2n) is 7.89. The average Bonchev–Trinajstić information content (AvgIpc) is 3.56. The maximum Gasteiger partial charge on any atom is 0.405 e. The van der Waals surface area contributed by atoms with Crippen molar-refractivity contribution < 1.29 is 56.1 Å². The van der Waals surface area contributed by atoms with Gasteiger partial charge < -0.3 is 35.3 Å². The fourth-order valence-corrected chi connectivity index (χ4v) is 3.08. The van der Waals surface area contributed by atoms with Gasteiger partial charge in [-0.05, 0) is 18.9 Å². The van der Waals surface area contributed by atoms with Crippen LogP contribution >= 0.6 is 0 Å². The second-order valence-corrected chi connectivity index (χ2v) is 7.89. The first-order valence-electron chi connectivity index (χ1n) is 10.5. The summed E-state index contributed by atoms with van der Waals surface area (Å²) in [6.45, 7) is -7.27. The lowest BCUT2D eigenvalue weighted by Gasteiger charge is -2.25. The molecular formula is C21H25F4N3O8. The normalized spacial score (nSPS) is 19.3. The fourth-order valence-electron chi connectivity index (χ4n) is 3.08. The Balaban J connectivity index is 2.19. The van der Waals surface area contributed by atoms with Crippen molar-refractivity contribution in [1.82, 2.24) is 16.0 Å². The van der Waals surface area contributed by atoms with E-state index in [1.807, 2.05) is 5.32 Å². The first-order chi connectivity index (χ1) is 16.9. The van der Waals surface area contributed by atoms with Crippen LogP contribution in [0.5, 0.6) is 0 Å². The van der Waals surface area contributed by atoms with Crippen LogP contribution in [0.15, 0.2) is 30.3 Å². The van der Waals surface area contributed by atoms with Crippen molar-refractivity contribution in [3.8, 4) is 0 Å². The van der Waals surface area contributed by atoms with E-state index >= 15 is 0 Å². The summed E-state index contributed by atoms with van der Waals surface area (Å²) in [7, 11) is 0. The molecule has 0 unspecified atom stereocenters. The molecule has 0 spiro atoms. The van der Waals surface area contributed by atoms with Crippen LogP contribution in [0, 0.1) is 0 Å². The Labute approximate surface area is 202 Å². The lowest BCUT2D eigenvalue weighted by Crippen LogP contribution is -2.59. The molecule has 0 bridgehead atoms. The van der Waals surface area contributed by atoms with E-state index in [0.29, 0.717) is 5.56 Å². The Morgan fingerprint density at radius 3 is 1.83 bits per heavy atom. The molecule has 1 aliphatic heterocycles. The Morgan fingerprint density at radius 1 is 0.917 bits per heavy atom. The number of halogens is 4. The predicted octanol–water partition coefficient (Wildman–Crippen LogP) is 0.671. The third-order valence-corrected chi connectivity index (χ3v) is 5.04. The standard InChI is InChI=1S/C21H25F4N3O8/c1-21(10-36-21)15(29)12(7-11-5-3-2-4-6-11)26-16(30)13(8-34-18(22)23)27-17(31)14(28-20(32)33)9-35-19(24)25/h2-6,12-14,18-19,28H,7-10H2,1H3,(H,26,30)(H,27,31)(H,32,33)/t12-,13-,14-,21+/m0/s1. The monoisotopic (exact) mass is 523 g/mol. The number of nitrogens with one attached hydrogen (secondary N) is 3. The number of alkyl halides is 4. The number of Topliss-reactive ketones (excluding diaryl/α,β-unsaturated/α-hetero) is 1. The fraction of sp³-hybridized carbons (Fsp3) is 0.524. The zero-order chi connectivity index (χ0) is 26.9. The van der Waals surface area contributed by atoms with Crippen molar-refractivity contribution in [2.45, 2.75) is 50.3 Å². The Bertz CT molecular complexity index is 918. The van der Waals surface area contributed by atoms with E-state index < -0.39 is 73.9 Å². The van der Waals surface area contributed by atoms with Gasteiger partial charge in [-0.1, -0.05) is 30.3 Å². The highest BCUT2D eigenvalue weighted by molar-refractivity contribution is 5.98. The molecule has 4 atom stereocenters. The molecule has 0 aliphatic carbocycles. The van der Waals surface area contributed by atoms with Gasteiger partial charge in [0.25, 0.3) is 0 Å². The van der Waals surface area contributed by atoms with Crippen LogP contribution in [0.1, 0.15) is 12.5 Å². The zero-order valence-corrected chi connectivity index (χ0v) is 18.9. The number of carbonyl (C=O) groups excluding carboxylic acids is 3. The number of amides is 3. The van der Waals surface area contributed by atoms with Crippen LogP contribution in [0.4, 0.5) is 22.4 Å². The number of hydrogen-bond donors (Lipinski definition) is 4. The molecular weight excluding hydrogens is 498 g/mol. The topological polar surface area (TPSA) is 156 Å². The van der Waals surface area contributed by atoms with Gasteiger partial charge in [0.1, 0.15) is 17.7 Å². The van der Waals surface area contributed by atoms with E-state index in [-0.39, 0.29) is 13.0 Å². The summed E-state index contributed by atoms with van der Waals surface area (Å²) in [5.41, 5.74) is -0.506. The van der Waals surface area contributed by atoms with Crippen LogP contribution in [-0.4, -0.2) is 85.6 Å². The number of ketones is 1. The van der Waals surface area contributed by atoms with Gasteiger partial charge in [0.2, 0.25) is 11.8 Å². The average molecular weight is 523 g/mol. The molecule has 1 heterocycles. The van der Waals surface area contributed by atoms with E-state index in [1.165, 1.54) is 6.92 Å². The van der Waals surface area contributed by atoms with Gasteiger partial charge in [0.05, 0.1) is 25.9 Å². The van der Waals surface area contributed by atoms with Crippen molar-refractivity contribution in [1.29, 1.82) is 0 Å². The van der Waals surface area contributed by atoms with Crippen LogP contribution < -0.4 is 16.0 Å². The number of carbonyl (C=O) groups is 4. The van der Waals surface area contributed by atoms with Crippen LogP contribution in [0.2, 0.25) is 0 Å². The number of ether oxygens (including phenoxy) is 3. The lowest BCUT2D eigenvalue weighted by molar-refractivity contribution is -0.152. The molecule has 1 saturated heterocycles. The summed E-state index contributed by atoms with van der Waals surface area (Å²) < 4.78 is 63.2. The van der Waals surface area contributed by atoms with E-state index in [2.05, 4.69) is 14.8 Å². The van der Waals surface area contributed by atoms with Crippen molar-refractivity contribution in [2.24, 2.45) is 0 Å². The molecule has 4 N–H and O–H groups in total.